The van der Waals surface area contributed by atoms with E-state index < -0.39 is 12.2 Å². The van der Waals surface area contributed by atoms with Crippen LogP contribution in [0.1, 0.15) is 17.5 Å². The van der Waals surface area contributed by atoms with Gasteiger partial charge in [0.15, 0.2) is 0 Å². The minimum Gasteiger partial charge on any atom is -0.492 e. The number of para-hydroxylation sites is 1. The fourth-order valence-corrected chi connectivity index (χ4v) is 3.87. The van der Waals surface area contributed by atoms with Gasteiger partial charge in [0.05, 0.1) is 25.4 Å². The molecule has 3 aromatic rings. The van der Waals surface area contributed by atoms with Crippen LogP contribution in [0.3, 0.4) is 0 Å². The lowest BCUT2D eigenvalue weighted by atomic mass is 10.1. The molecule has 2 unspecified atom stereocenters. The molecule has 0 radical (unpaired) electrons. The number of nitrogens with zero attached hydrogens (tertiary/aromatic N) is 1. The number of nitrogens with one attached hydrogen (secondary N) is 1. The van der Waals surface area contributed by atoms with E-state index in [-0.39, 0.29) is 6.42 Å². The van der Waals surface area contributed by atoms with Crippen LogP contribution in [0.2, 0.25) is 0 Å². The summed E-state index contributed by atoms with van der Waals surface area (Å²) in [6.07, 6.45) is 7.75. The molecule has 0 amide bonds. The van der Waals surface area contributed by atoms with Crippen LogP contribution < -0.4 is 4.74 Å². The maximum atomic E-state index is 10.4. The average molecular weight is 449 g/mol. The highest BCUT2D eigenvalue weighted by atomic mass is 16.5. The Kier molecular flexibility index (Phi) is 8.33. The highest BCUT2D eigenvalue weighted by Crippen LogP contribution is 2.20. The predicted octanol–water partition coefficient (Wildman–Crippen LogP) is 3.72. The van der Waals surface area contributed by atoms with E-state index in [1.54, 1.807) is 12.2 Å². The molecule has 1 saturated heterocycles. The molecule has 0 aliphatic carbocycles. The quantitative estimate of drug-likeness (QED) is 0.441. The minimum atomic E-state index is -0.767. The number of fused-ring (bicyclic) bond motifs is 1. The molecular formula is C27H32N2O4. The van der Waals surface area contributed by atoms with Crippen molar-refractivity contribution in [2.75, 3.05) is 39.5 Å². The number of aromatic nitrogens is 1. The molecule has 174 valence electrons. The van der Waals surface area contributed by atoms with E-state index in [1.165, 1.54) is 0 Å². The molecule has 1 aliphatic heterocycles. The van der Waals surface area contributed by atoms with Crippen molar-refractivity contribution in [3.05, 3.63) is 78.0 Å². The van der Waals surface area contributed by atoms with Gasteiger partial charge in [0.2, 0.25) is 0 Å². The Morgan fingerprint density at radius 1 is 1.00 bits per heavy atom. The number of aliphatic hydroxyl groups is 2. The van der Waals surface area contributed by atoms with Crippen molar-refractivity contribution in [2.24, 2.45) is 0 Å². The Morgan fingerprint density at radius 2 is 1.79 bits per heavy atom. The summed E-state index contributed by atoms with van der Waals surface area (Å²) in [4.78, 5) is 5.51. The summed E-state index contributed by atoms with van der Waals surface area (Å²) < 4.78 is 11.4. The number of hydrogen-bond acceptors (Lipinski definition) is 5. The van der Waals surface area contributed by atoms with Crippen LogP contribution in [-0.4, -0.2) is 71.8 Å². The van der Waals surface area contributed by atoms with Gasteiger partial charge in [0.25, 0.3) is 0 Å². The molecule has 0 spiro atoms. The van der Waals surface area contributed by atoms with Crippen molar-refractivity contribution >= 4 is 23.1 Å². The second-order valence-corrected chi connectivity index (χ2v) is 8.25. The van der Waals surface area contributed by atoms with E-state index in [4.69, 9.17) is 9.47 Å². The maximum Gasteiger partial charge on any atom is 0.126 e. The van der Waals surface area contributed by atoms with Crippen LogP contribution in [0.5, 0.6) is 5.75 Å². The summed E-state index contributed by atoms with van der Waals surface area (Å²) in [5.41, 5.74) is 2.96. The molecule has 6 nitrogen and oxygen atoms in total. The maximum absolute atomic E-state index is 10.4. The summed E-state index contributed by atoms with van der Waals surface area (Å²) in [5, 5.41) is 21.9. The zero-order valence-corrected chi connectivity index (χ0v) is 18.8. The van der Waals surface area contributed by atoms with Crippen LogP contribution in [-0.2, 0) is 4.74 Å². The molecule has 33 heavy (non-hydrogen) atoms. The summed E-state index contributed by atoms with van der Waals surface area (Å²) >= 11 is 0. The molecule has 2 aromatic carbocycles. The predicted molar refractivity (Wildman–Crippen MR) is 132 cm³/mol. The summed E-state index contributed by atoms with van der Waals surface area (Å²) in [6, 6.07) is 15.9. The smallest absolute Gasteiger partial charge is 0.126 e. The summed E-state index contributed by atoms with van der Waals surface area (Å²) in [7, 11) is 0. The number of rotatable bonds is 10. The monoisotopic (exact) mass is 448 g/mol. The van der Waals surface area contributed by atoms with E-state index >= 15 is 0 Å². The van der Waals surface area contributed by atoms with Crippen molar-refractivity contribution in [3.63, 3.8) is 0 Å². The molecule has 1 aliphatic rings. The molecule has 3 N–H and O–H groups in total. The fraction of sp³-hybridized carbons (Fsp3) is 0.333. The van der Waals surface area contributed by atoms with E-state index in [9.17, 15) is 10.2 Å². The first-order valence-corrected chi connectivity index (χ1v) is 11.5. The Morgan fingerprint density at radius 3 is 2.64 bits per heavy atom. The minimum absolute atomic E-state index is 0.220. The van der Waals surface area contributed by atoms with Crippen molar-refractivity contribution in [1.29, 1.82) is 0 Å². The van der Waals surface area contributed by atoms with E-state index in [0.29, 0.717) is 6.61 Å². The molecule has 4 rings (SSSR count). The molecule has 0 bridgehead atoms. The van der Waals surface area contributed by atoms with Gasteiger partial charge in [-0.25, -0.2) is 0 Å². The Hall–Kier alpha value is -2.90. The highest BCUT2D eigenvalue weighted by molar-refractivity contribution is 5.81. The zero-order valence-electron chi connectivity index (χ0n) is 18.8. The first-order chi connectivity index (χ1) is 16.2. The van der Waals surface area contributed by atoms with Crippen molar-refractivity contribution in [3.8, 4) is 5.75 Å². The Balaban J connectivity index is 1.27. The number of morpholine rings is 1. The lowest BCUT2D eigenvalue weighted by Gasteiger charge is -2.26. The lowest BCUT2D eigenvalue weighted by molar-refractivity contribution is 0.0322. The van der Waals surface area contributed by atoms with Crippen molar-refractivity contribution in [2.45, 2.75) is 18.6 Å². The average Bonchev–Trinajstić information content (AvgIpc) is 3.31. The molecular weight excluding hydrogens is 416 g/mol. The van der Waals surface area contributed by atoms with Gasteiger partial charge in [-0.05, 0) is 29.1 Å². The van der Waals surface area contributed by atoms with Crippen LogP contribution in [0.4, 0.5) is 0 Å². The van der Waals surface area contributed by atoms with Gasteiger partial charge in [-0.3, -0.25) is 4.90 Å². The molecule has 2 heterocycles. The number of ether oxygens (including phenoxy) is 2. The number of hydrogen-bond donors (Lipinski definition) is 3. The van der Waals surface area contributed by atoms with Crippen LogP contribution >= 0.6 is 0 Å². The van der Waals surface area contributed by atoms with E-state index in [2.05, 4.69) is 9.88 Å². The van der Waals surface area contributed by atoms with E-state index in [0.717, 1.165) is 60.6 Å². The van der Waals surface area contributed by atoms with Crippen molar-refractivity contribution in [1.82, 2.24) is 9.88 Å². The number of aromatic amines is 1. The van der Waals surface area contributed by atoms with Crippen molar-refractivity contribution < 1.29 is 19.7 Å². The first kappa shape index (κ1) is 23.3. The van der Waals surface area contributed by atoms with E-state index in [1.807, 2.05) is 66.9 Å². The van der Waals surface area contributed by atoms with Gasteiger partial charge in [-0.15, -0.1) is 0 Å². The topological polar surface area (TPSA) is 78.0 Å². The summed E-state index contributed by atoms with van der Waals surface area (Å²) in [5.74, 6) is 0.786. The van der Waals surface area contributed by atoms with Gasteiger partial charge < -0.3 is 24.7 Å². The zero-order chi connectivity index (χ0) is 22.9. The van der Waals surface area contributed by atoms with Gasteiger partial charge in [0, 0.05) is 43.3 Å². The van der Waals surface area contributed by atoms with Gasteiger partial charge >= 0.3 is 0 Å². The third kappa shape index (κ3) is 7.04. The molecule has 6 heteroatoms. The third-order valence-electron chi connectivity index (χ3n) is 5.76. The largest absolute Gasteiger partial charge is 0.492 e. The standard InChI is InChI=1S/C27H32N2O4/c30-24(9-6-21-5-7-22-11-12-28-26(22)19-21)20-25(31)10-8-23-3-1-2-4-27(23)33-18-15-29-13-16-32-17-14-29/h1-12,19,24-25,28,30-31H,13-18,20H2/b9-6+,10-8+. The number of H-pyrrole nitrogens is 1. The molecule has 2 atom stereocenters. The van der Waals surface area contributed by atoms with Gasteiger partial charge in [0.1, 0.15) is 12.4 Å². The van der Waals surface area contributed by atoms with Crippen LogP contribution in [0.25, 0.3) is 23.1 Å². The normalized spacial score (nSPS) is 17.2. The molecule has 0 saturated carbocycles. The van der Waals surface area contributed by atoms with Gasteiger partial charge in [-0.1, -0.05) is 54.6 Å². The second kappa shape index (κ2) is 11.8. The van der Waals surface area contributed by atoms with Crippen LogP contribution in [0, 0.1) is 0 Å². The lowest BCUT2D eigenvalue weighted by Crippen LogP contribution is -2.38. The highest BCUT2D eigenvalue weighted by Gasteiger charge is 2.11. The first-order valence-electron chi connectivity index (χ1n) is 11.5. The molecule has 1 fully saturated rings. The second-order valence-electron chi connectivity index (χ2n) is 8.25. The SMILES string of the molecule is OC(/C=C/c1ccc2cc[nH]c2c1)CC(O)/C=C/c1ccccc1OCCN1CCOCC1. The Labute approximate surface area is 194 Å². The van der Waals surface area contributed by atoms with Gasteiger partial charge in [-0.2, -0.15) is 0 Å². The Bertz CT molecular complexity index is 1070. The number of aliphatic hydroxyl groups excluding tert-OH is 2. The summed E-state index contributed by atoms with van der Waals surface area (Å²) in [6.45, 7) is 4.90. The molecule has 1 aromatic heterocycles. The number of benzene rings is 2. The third-order valence-corrected chi connectivity index (χ3v) is 5.76. The van der Waals surface area contributed by atoms with Crippen LogP contribution in [0.15, 0.2) is 66.9 Å². The fourth-order valence-electron chi connectivity index (χ4n) is 3.87.